The number of benzene rings is 1. The summed E-state index contributed by atoms with van der Waals surface area (Å²) >= 11 is 0. The molecule has 2 atom stereocenters. The van der Waals surface area contributed by atoms with Crippen LogP contribution in [0.2, 0.25) is 0 Å². The number of pyridine rings is 1. The molecule has 5 heteroatoms. The molecule has 0 unspecified atom stereocenters. The number of nitrogens with one attached hydrogen (secondary N) is 1. The number of hydrogen-bond donors (Lipinski definition) is 1. The lowest BCUT2D eigenvalue weighted by molar-refractivity contribution is -0.134. The quantitative estimate of drug-likeness (QED) is 0.887. The summed E-state index contributed by atoms with van der Waals surface area (Å²) in [6, 6.07) is 9.00. The molecular formula is C18H19N3O2. The number of fused-ring (bicyclic) bond motifs is 1. The van der Waals surface area contributed by atoms with Gasteiger partial charge in [-0.3, -0.25) is 14.6 Å². The molecule has 0 spiro atoms. The highest BCUT2D eigenvalue weighted by Gasteiger charge is 2.37. The van der Waals surface area contributed by atoms with Crippen LogP contribution in [0.25, 0.3) is 10.9 Å². The van der Waals surface area contributed by atoms with Gasteiger partial charge in [0.2, 0.25) is 11.8 Å². The maximum atomic E-state index is 12.6. The number of nitrogens with zero attached hydrogens (tertiary/aromatic N) is 2. The van der Waals surface area contributed by atoms with E-state index in [4.69, 9.17) is 0 Å². The third-order valence-electron chi connectivity index (χ3n) is 4.27. The first-order chi connectivity index (χ1) is 11.1. The van der Waals surface area contributed by atoms with Crippen LogP contribution in [0.15, 0.2) is 49.2 Å². The highest BCUT2D eigenvalue weighted by molar-refractivity contribution is 6.00. The van der Waals surface area contributed by atoms with Crippen LogP contribution >= 0.6 is 0 Å². The molecule has 3 rings (SSSR count). The molecule has 0 radical (unpaired) electrons. The Bertz CT molecular complexity index is 772. The molecule has 118 valence electrons. The van der Waals surface area contributed by atoms with E-state index in [0.29, 0.717) is 12.1 Å². The molecule has 2 aromatic rings. The lowest BCUT2D eigenvalue weighted by Crippen LogP contribution is -2.45. The van der Waals surface area contributed by atoms with Gasteiger partial charge >= 0.3 is 0 Å². The first-order valence-corrected chi connectivity index (χ1v) is 7.70. The second-order valence-electron chi connectivity index (χ2n) is 5.79. The summed E-state index contributed by atoms with van der Waals surface area (Å²) in [5.74, 6) is -0.356. The van der Waals surface area contributed by atoms with Crippen molar-refractivity contribution in [2.75, 3.05) is 5.32 Å². The van der Waals surface area contributed by atoms with Gasteiger partial charge in [-0.25, -0.2) is 0 Å². The molecule has 1 saturated heterocycles. The number of likely N-dealkylation sites (tertiary alicyclic amines) is 1. The summed E-state index contributed by atoms with van der Waals surface area (Å²) in [6.07, 6.45) is 4.49. The van der Waals surface area contributed by atoms with Crippen LogP contribution in [0.4, 0.5) is 5.69 Å². The molecule has 1 aromatic carbocycles. The average Bonchev–Trinajstić information content (AvgIpc) is 2.96. The monoisotopic (exact) mass is 309 g/mol. The fourth-order valence-corrected chi connectivity index (χ4v) is 3.10. The molecule has 1 fully saturated rings. The number of carbonyl (C=O) groups excluding carboxylic acids is 2. The van der Waals surface area contributed by atoms with E-state index in [1.54, 1.807) is 11.1 Å². The van der Waals surface area contributed by atoms with Crippen LogP contribution in [-0.2, 0) is 9.59 Å². The lowest BCUT2D eigenvalue weighted by atomic mass is 10.1. The minimum Gasteiger partial charge on any atom is -0.324 e. The van der Waals surface area contributed by atoms with Gasteiger partial charge in [0, 0.05) is 23.3 Å². The van der Waals surface area contributed by atoms with Crippen LogP contribution < -0.4 is 5.32 Å². The Morgan fingerprint density at radius 3 is 2.96 bits per heavy atom. The molecule has 1 aromatic heterocycles. The zero-order chi connectivity index (χ0) is 16.4. The summed E-state index contributed by atoms with van der Waals surface area (Å²) < 4.78 is 0. The van der Waals surface area contributed by atoms with Crippen molar-refractivity contribution in [2.45, 2.75) is 31.8 Å². The summed E-state index contributed by atoms with van der Waals surface area (Å²) in [7, 11) is 0. The molecule has 1 aliphatic rings. The maximum absolute atomic E-state index is 12.6. The molecular weight excluding hydrogens is 290 g/mol. The summed E-state index contributed by atoms with van der Waals surface area (Å²) in [4.78, 5) is 30.4. The second-order valence-corrected chi connectivity index (χ2v) is 5.79. The predicted octanol–water partition coefficient (Wildman–Crippen LogP) is 2.74. The van der Waals surface area contributed by atoms with Crippen molar-refractivity contribution < 1.29 is 9.59 Å². The Morgan fingerprint density at radius 1 is 1.35 bits per heavy atom. The number of amides is 2. The third-order valence-corrected chi connectivity index (χ3v) is 4.27. The molecule has 2 amide bonds. The topological polar surface area (TPSA) is 62.3 Å². The maximum Gasteiger partial charge on any atom is 0.247 e. The van der Waals surface area contributed by atoms with Crippen molar-refractivity contribution in [3.05, 3.63) is 49.2 Å². The van der Waals surface area contributed by atoms with Crippen LogP contribution in [0.1, 0.15) is 19.8 Å². The number of hydrogen-bond acceptors (Lipinski definition) is 3. The van der Waals surface area contributed by atoms with E-state index >= 15 is 0 Å². The SMILES string of the molecule is C=CC(=O)N1[C@@H](C)CC[C@H]1C(=O)Nc1ccc2ncccc2c1. The third kappa shape index (κ3) is 2.95. The van der Waals surface area contributed by atoms with Gasteiger partial charge in [0.1, 0.15) is 6.04 Å². The Morgan fingerprint density at radius 2 is 2.17 bits per heavy atom. The Kier molecular flexibility index (Phi) is 4.10. The molecule has 2 heterocycles. The van der Waals surface area contributed by atoms with Gasteiger partial charge in [0.25, 0.3) is 0 Å². The van der Waals surface area contributed by atoms with Gasteiger partial charge in [0.05, 0.1) is 5.52 Å². The zero-order valence-corrected chi connectivity index (χ0v) is 13.0. The summed E-state index contributed by atoms with van der Waals surface area (Å²) in [5, 5.41) is 3.87. The van der Waals surface area contributed by atoms with E-state index in [-0.39, 0.29) is 17.9 Å². The smallest absolute Gasteiger partial charge is 0.247 e. The first kappa shape index (κ1) is 15.2. The normalized spacial score (nSPS) is 20.5. The lowest BCUT2D eigenvalue weighted by Gasteiger charge is -2.26. The fraction of sp³-hybridized carbons (Fsp3) is 0.278. The van der Waals surface area contributed by atoms with Crippen molar-refractivity contribution in [1.29, 1.82) is 0 Å². The Labute approximate surface area is 135 Å². The largest absolute Gasteiger partial charge is 0.324 e. The van der Waals surface area contributed by atoms with E-state index in [9.17, 15) is 9.59 Å². The number of carbonyl (C=O) groups is 2. The second kappa shape index (κ2) is 6.20. The van der Waals surface area contributed by atoms with Crippen LogP contribution in [-0.4, -0.2) is 33.8 Å². The standard InChI is InChI=1S/C18H19N3O2/c1-3-17(22)21-12(2)6-9-16(21)18(23)20-14-7-8-15-13(11-14)5-4-10-19-15/h3-5,7-8,10-12,16H,1,6,9H2,2H3,(H,20,23)/t12-,16-/m0/s1. The van der Waals surface area contributed by atoms with Gasteiger partial charge in [-0.15, -0.1) is 0 Å². The number of rotatable bonds is 3. The van der Waals surface area contributed by atoms with Crippen LogP contribution in [0.5, 0.6) is 0 Å². The summed E-state index contributed by atoms with van der Waals surface area (Å²) in [5.41, 5.74) is 1.59. The van der Waals surface area contributed by atoms with Crippen molar-refractivity contribution in [3.8, 4) is 0 Å². The van der Waals surface area contributed by atoms with Crippen LogP contribution in [0.3, 0.4) is 0 Å². The van der Waals surface area contributed by atoms with Crippen molar-refractivity contribution in [3.63, 3.8) is 0 Å². The summed E-state index contributed by atoms with van der Waals surface area (Å²) in [6.45, 7) is 5.48. The highest BCUT2D eigenvalue weighted by atomic mass is 16.2. The van der Waals surface area contributed by atoms with Gasteiger partial charge in [0.15, 0.2) is 0 Å². The van der Waals surface area contributed by atoms with Gasteiger partial charge in [-0.2, -0.15) is 0 Å². The highest BCUT2D eigenvalue weighted by Crippen LogP contribution is 2.26. The zero-order valence-electron chi connectivity index (χ0n) is 13.0. The molecule has 23 heavy (non-hydrogen) atoms. The molecule has 5 nitrogen and oxygen atoms in total. The minimum absolute atomic E-state index is 0.0528. The van der Waals surface area contributed by atoms with Crippen molar-refractivity contribution in [2.24, 2.45) is 0 Å². The van der Waals surface area contributed by atoms with Crippen LogP contribution in [0, 0.1) is 0 Å². The molecule has 0 saturated carbocycles. The van der Waals surface area contributed by atoms with E-state index in [1.165, 1.54) is 6.08 Å². The molecule has 0 aliphatic carbocycles. The molecule has 1 N–H and O–H groups in total. The van der Waals surface area contributed by atoms with Gasteiger partial charge in [-0.05, 0) is 50.1 Å². The number of aromatic nitrogens is 1. The van der Waals surface area contributed by atoms with Crippen molar-refractivity contribution in [1.82, 2.24) is 9.88 Å². The van der Waals surface area contributed by atoms with E-state index in [0.717, 1.165) is 17.3 Å². The van der Waals surface area contributed by atoms with Gasteiger partial charge < -0.3 is 10.2 Å². The first-order valence-electron chi connectivity index (χ1n) is 7.70. The van der Waals surface area contributed by atoms with E-state index in [2.05, 4.69) is 16.9 Å². The predicted molar refractivity (Wildman–Crippen MR) is 89.9 cm³/mol. The Balaban J connectivity index is 1.79. The minimum atomic E-state index is -0.444. The molecule has 0 bridgehead atoms. The average molecular weight is 309 g/mol. The van der Waals surface area contributed by atoms with E-state index in [1.807, 2.05) is 37.3 Å². The fourth-order valence-electron chi connectivity index (χ4n) is 3.10. The Hall–Kier alpha value is -2.69. The van der Waals surface area contributed by atoms with E-state index < -0.39 is 6.04 Å². The molecule has 1 aliphatic heterocycles. The number of anilines is 1. The van der Waals surface area contributed by atoms with Crippen molar-refractivity contribution >= 4 is 28.4 Å². The van der Waals surface area contributed by atoms with Gasteiger partial charge in [-0.1, -0.05) is 12.6 Å².